The first-order chi connectivity index (χ1) is 9.45. The van der Waals surface area contributed by atoms with E-state index in [0.717, 1.165) is 0 Å². The van der Waals surface area contributed by atoms with Gasteiger partial charge in [-0.15, -0.1) is 0 Å². The van der Waals surface area contributed by atoms with E-state index < -0.39 is 12.7 Å². The summed E-state index contributed by atoms with van der Waals surface area (Å²) in [6.07, 6.45) is 0. The fourth-order valence-electron chi connectivity index (χ4n) is 1.54. The van der Waals surface area contributed by atoms with Crippen molar-refractivity contribution in [3.63, 3.8) is 0 Å². The number of hydrogen-bond donors (Lipinski definition) is 2. The van der Waals surface area contributed by atoms with Gasteiger partial charge in [0.1, 0.15) is 0 Å². The molecule has 0 heterocycles. The van der Waals surface area contributed by atoms with Gasteiger partial charge in [0, 0.05) is 12.1 Å². The molecule has 0 spiro atoms. The SMILES string of the molecule is CCOc1cccc(CNC(=O)[C@@H](C)N)c1OC(F)F. The molecule has 0 aromatic heterocycles. The Balaban J connectivity index is 2.92. The van der Waals surface area contributed by atoms with E-state index in [1.807, 2.05) is 0 Å². The molecule has 1 rings (SSSR count). The van der Waals surface area contributed by atoms with Crippen molar-refractivity contribution < 1.29 is 23.0 Å². The van der Waals surface area contributed by atoms with E-state index in [4.69, 9.17) is 10.5 Å². The Morgan fingerprint density at radius 1 is 1.45 bits per heavy atom. The van der Waals surface area contributed by atoms with Crippen molar-refractivity contribution in [1.29, 1.82) is 0 Å². The number of benzene rings is 1. The number of hydrogen-bond acceptors (Lipinski definition) is 4. The fourth-order valence-corrected chi connectivity index (χ4v) is 1.54. The van der Waals surface area contributed by atoms with Gasteiger partial charge in [0.15, 0.2) is 11.5 Å². The van der Waals surface area contributed by atoms with Gasteiger partial charge in [-0.05, 0) is 19.9 Å². The van der Waals surface area contributed by atoms with Crippen molar-refractivity contribution in [3.05, 3.63) is 23.8 Å². The first kappa shape index (κ1) is 16.2. The molecule has 0 fully saturated rings. The van der Waals surface area contributed by atoms with Crippen molar-refractivity contribution in [2.45, 2.75) is 33.0 Å². The molecule has 1 atom stereocenters. The number of halogens is 2. The third kappa shape index (κ3) is 4.65. The van der Waals surface area contributed by atoms with Crippen LogP contribution in [0.15, 0.2) is 18.2 Å². The zero-order valence-electron chi connectivity index (χ0n) is 11.4. The van der Waals surface area contributed by atoms with Crippen LogP contribution in [0.4, 0.5) is 8.78 Å². The number of nitrogens with one attached hydrogen (secondary N) is 1. The van der Waals surface area contributed by atoms with Gasteiger partial charge in [0.05, 0.1) is 12.6 Å². The van der Waals surface area contributed by atoms with E-state index in [0.29, 0.717) is 12.2 Å². The quantitative estimate of drug-likeness (QED) is 0.800. The Kier molecular flexibility index (Phi) is 6.17. The summed E-state index contributed by atoms with van der Waals surface area (Å²) in [5.41, 5.74) is 5.80. The number of carbonyl (C=O) groups excluding carboxylic acids is 1. The summed E-state index contributed by atoms with van der Waals surface area (Å²) in [5, 5.41) is 2.54. The molecule has 1 aromatic carbocycles. The van der Waals surface area contributed by atoms with Gasteiger partial charge in [0.25, 0.3) is 0 Å². The van der Waals surface area contributed by atoms with Gasteiger partial charge >= 0.3 is 6.61 Å². The molecule has 1 aromatic rings. The lowest BCUT2D eigenvalue weighted by atomic mass is 10.1. The molecule has 0 saturated carbocycles. The van der Waals surface area contributed by atoms with Crippen molar-refractivity contribution in [3.8, 4) is 11.5 Å². The molecule has 0 bridgehead atoms. The zero-order chi connectivity index (χ0) is 15.1. The summed E-state index contributed by atoms with van der Waals surface area (Å²) in [6.45, 7) is 0.636. The Hall–Kier alpha value is -1.89. The third-order valence-electron chi connectivity index (χ3n) is 2.43. The monoisotopic (exact) mass is 288 g/mol. The average molecular weight is 288 g/mol. The Morgan fingerprint density at radius 3 is 2.70 bits per heavy atom. The van der Waals surface area contributed by atoms with Crippen LogP contribution in [0.5, 0.6) is 11.5 Å². The summed E-state index contributed by atoms with van der Waals surface area (Å²) in [6, 6.07) is 4.06. The van der Waals surface area contributed by atoms with Gasteiger partial charge in [-0.2, -0.15) is 8.78 Å². The summed E-state index contributed by atoms with van der Waals surface area (Å²) in [5.74, 6) is -0.246. The topological polar surface area (TPSA) is 73.6 Å². The number of amides is 1. The van der Waals surface area contributed by atoms with Crippen LogP contribution in [0.2, 0.25) is 0 Å². The normalized spacial score (nSPS) is 12.1. The molecule has 1 amide bonds. The summed E-state index contributed by atoms with van der Waals surface area (Å²) in [4.78, 5) is 11.4. The number of carbonyl (C=O) groups is 1. The second-order valence-electron chi connectivity index (χ2n) is 4.06. The predicted octanol–water partition coefficient (Wildman–Crippen LogP) is 1.65. The molecule has 0 unspecified atom stereocenters. The minimum Gasteiger partial charge on any atom is -0.490 e. The Morgan fingerprint density at radius 2 is 2.15 bits per heavy atom. The fraction of sp³-hybridized carbons (Fsp3) is 0.462. The number of ether oxygens (including phenoxy) is 2. The zero-order valence-corrected chi connectivity index (χ0v) is 11.4. The maximum atomic E-state index is 12.5. The third-order valence-corrected chi connectivity index (χ3v) is 2.43. The molecule has 0 aliphatic rings. The van der Waals surface area contributed by atoms with Crippen molar-refractivity contribution in [1.82, 2.24) is 5.32 Å². The van der Waals surface area contributed by atoms with E-state index >= 15 is 0 Å². The Labute approximate surface area is 116 Å². The van der Waals surface area contributed by atoms with Crippen LogP contribution in [-0.2, 0) is 11.3 Å². The number of nitrogens with two attached hydrogens (primary N) is 1. The van der Waals surface area contributed by atoms with Crippen molar-refractivity contribution in [2.24, 2.45) is 5.73 Å². The van der Waals surface area contributed by atoms with Gasteiger partial charge < -0.3 is 20.5 Å². The smallest absolute Gasteiger partial charge is 0.387 e. The minimum absolute atomic E-state index is 0.0311. The summed E-state index contributed by atoms with van der Waals surface area (Å²) >= 11 is 0. The number of alkyl halides is 2. The minimum atomic E-state index is -2.97. The van der Waals surface area contributed by atoms with Crippen LogP contribution in [0.1, 0.15) is 19.4 Å². The van der Waals surface area contributed by atoms with Crippen LogP contribution in [0, 0.1) is 0 Å². The lowest BCUT2D eigenvalue weighted by Gasteiger charge is -2.16. The molecule has 0 aliphatic carbocycles. The average Bonchev–Trinajstić information content (AvgIpc) is 2.38. The highest BCUT2D eigenvalue weighted by Gasteiger charge is 2.16. The molecule has 20 heavy (non-hydrogen) atoms. The predicted molar refractivity (Wildman–Crippen MR) is 69.7 cm³/mol. The summed E-state index contributed by atoms with van der Waals surface area (Å²) < 4.78 is 34.6. The van der Waals surface area contributed by atoms with E-state index in [1.54, 1.807) is 19.1 Å². The second-order valence-corrected chi connectivity index (χ2v) is 4.06. The maximum absolute atomic E-state index is 12.5. The maximum Gasteiger partial charge on any atom is 0.387 e. The van der Waals surface area contributed by atoms with Crippen LogP contribution in [-0.4, -0.2) is 25.2 Å². The number of rotatable bonds is 7. The number of para-hydroxylation sites is 1. The van der Waals surface area contributed by atoms with Crippen LogP contribution < -0.4 is 20.5 Å². The lowest BCUT2D eigenvalue weighted by molar-refractivity contribution is -0.122. The molecular formula is C13H18F2N2O3. The molecule has 5 nitrogen and oxygen atoms in total. The van der Waals surface area contributed by atoms with Gasteiger partial charge in [-0.3, -0.25) is 4.79 Å². The van der Waals surface area contributed by atoms with Crippen LogP contribution in [0.3, 0.4) is 0 Å². The lowest BCUT2D eigenvalue weighted by Crippen LogP contribution is -2.37. The summed E-state index contributed by atoms with van der Waals surface area (Å²) in [7, 11) is 0. The van der Waals surface area contributed by atoms with Crippen LogP contribution >= 0.6 is 0 Å². The van der Waals surface area contributed by atoms with Gasteiger partial charge in [-0.1, -0.05) is 12.1 Å². The molecule has 3 N–H and O–H groups in total. The Bertz CT molecular complexity index is 453. The van der Waals surface area contributed by atoms with Gasteiger partial charge in [-0.25, -0.2) is 0 Å². The van der Waals surface area contributed by atoms with E-state index in [-0.39, 0.29) is 24.0 Å². The molecule has 0 saturated heterocycles. The standard InChI is InChI=1S/C13H18F2N2O3/c1-3-19-10-6-4-5-9(11(10)20-13(14)15)7-17-12(18)8(2)16/h4-6,8,13H,3,7,16H2,1-2H3,(H,17,18)/t8-/m1/s1. The highest BCUT2D eigenvalue weighted by Crippen LogP contribution is 2.32. The van der Waals surface area contributed by atoms with E-state index in [1.165, 1.54) is 13.0 Å². The highest BCUT2D eigenvalue weighted by molar-refractivity contribution is 5.81. The molecule has 0 radical (unpaired) electrons. The van der Waals surface area contributed by atoms with Crippen LogP contribution in [0.25, 0.3) is 0 Å². The molecular weight excluding hydrogens is 270 g/mol. The largest absolute Gasteiger partial charge is 0.490 e. The molecule has 7 heteroatoms. The van der Waals surface area contributed by atoms with Crippen molar-refractivity contribution >= 4 is 5.91 Å². The van der Waals surface area contributed by atoms with E-state index in [9.17, 15) is 13.6 Å². The molecule has 112 valence electrons. The van der Waals surface area contributed by atoms with Crippen molar-refractivity contribution in [2.75, 3.05) is 6.61 Å². The van der Waals surface area contributed by atoms with Gasteiger partial charge in [0.2, 0.25) is 5.91 Å². The first-order valence-electron chi connectivity index (χ1n) is 6.18. The highest BCUT2D eigenvalue weighted by atomic mass is 19.3. The van der Waals surface area contributed by atoms with E-state index in [2.05, 4.69) is 10.1 Å². The second kappa shape index (κ2) is 7.64. The first-order valence-corrected chi connectivity index (χ1v) is 6.18. The molecule has 0 aliphatic heterocycles.